The number of hydrogen-bond donors (Lipinski definition) is 0. The molecule has 6 heteroatoms. The van der Waals surface area contributed by atoms with Gasteiger partial charge < -0.3 is 9.30 Å². The molecule has 0 spiro atoms. The maximum atomic E-state index is 12.1. The average Bonchev–Trinajstić information content (AvgIpc) is 3.14. The molecule has 158 valence electrons. The summed E-state index contributed by atoms with van der Waals surface area (Å²) in [6.07, 6.45) is 1.22. The van der Waals surface area contributed by atoms with E-state index in [2.05, 4.69) is 15.9 Å². The second kappa shape index (κ2) is 8.73. The molecule has 4 nitrogen and oxygen atoms in total. The number of halogens is 1. The van der Waals surface area contributed by atoms with Gasteiger partial charge in [0.05, 0.1) is 10.6 Å². The van der Waals surface area contributed by atoms with E-state index < -0.39 is 9.84 Å². The number of nitrogens with zero attached hydrogens (tertiary/aromatic N) is 1. The number of aromatic nitrogens is 1. The first kappa shape index (κ1) is 21.4. The van der Waals surface area contributed by atoms with Crippen molar-refractivity contribution in [3.05, 3.63) is 101 Å². The van der Waals surface area contributed by atoms with Gasteiger partial charge in [-0.3, -0.25) is 0 Å². The van der Waals surface area contributed by atoms with E-state index in [1.165, 1.54) is 6.26 Å². The predicted octanol–water partition coefficient (Wildman–Crippen LogP) is 6.20. The lowest BCUT2D eigenvalue weighted by molar-refractivity contribution is 0.307. The smallest absolute Gasteiger partial charge is 0.175 e. The molecule has 0 aliphatic carbocycles. The maximum Gasteiger partial charge on any atom is 0.175 e. The average molecular weight is 496 g/mol. The van der Waals surface area contributed by atoms with Crippen molar-refractivity contribution in [3.63, 3.8) is 0 Å². The highest BCUT2D eigenvalue weighted by molar-refractivity contribution is 9.10. The van der Waals surface area contributed by atoms with Crippen molar-refractivity contribution in [2.75, 3.05) is 6.26 Å². The molecule has 0 aliphatic rings. The Labute approximate surface area is 191 Å². The molecule has 0 fully saturated rings. The van der Waals surface area contributed by atoms with Crippen molar-refractivity contribution in [2.24, 2.45) is 0 Å². The highest BCUT2D eigenvalue weighted by atomic mass is 79.9. The second-order valence-corrected chi connectivity index (χ2v) is 10.3. The molecule has 4 rings (SSSR count). The van der Waals surface area contributed by atoms with Gasteiger partial charge >= 0.3 is 0 Å². The molecule has 0 atom stereocenters. The van der Waals surface area contributed by atoms with E-state index in [4.69, 9.17) is 4.74 Å². The third-order valence-corrected chi connectivity index (χ3v) is 6.64. The molecule has 0 bridgehead atoms. The predicted molar refractivity (Wildman–Crippen MR) is 128 cm³/mol. The van der Waals surface area contributed by atoms with Crippen LogP contribution in [0.4, 0.5) is 0 Å². The lowest BCUT2D eigenvalue weighted by atomic mass is 10.1. The van der Waals surface area contributed by atoms with Crippen molar-refractivity contribution >= 4 is 25.8 Å². The highest BCUT2D eigenvalue weighted by Gasteiger charge is 2.16. The summed E-state index contributed by atoms with van der Waals surface area (Å²) in [5.41, 5.74) is 4.71. The Bertz CT molecular complexity index is 1330. The summed E-state index contributed by atoms with van der Waals surface area (Å²) in [5, 5.41) is 0. The van der Waals surface area contributed by atoms with Crippen LogP contribution in [0.15, 0.2) is 94.3 Å². The molecule has 0 saturated carbocycles. The lowest BCUT2D eigenvalue weighted by Gasteiger charge is -2.17. The fourth-order valence-corrected chi connectivity index (χ4v) is 4.53. The van der Waals surface area contributed by atoms with Gasteiger partial charge in [-0.15, -0.1) is 0 Å². The SMILES string of the molecule is Cc1ccc(-c2cc(Br)ccc2OCc2ccccc2)n1-c1cccc(S(C)(=O)=O)c1. The molecular weight excluding hydrogens is 474 g/mol. The number of sulfone groups is 1. The maximum absolute atomic E-state index is 12.1. The van der Waals surface area contributed by atoms with Gasteiger partial charge in [-0.1, -0.05) is 52.3 Å². The molecular formula is C25H22BrNO3S. The second-order valence-electron chi connectivity index (χ2n) is 7.38. The third kappa shape index (κ3) is 4.75. The van der Waals surface area contributed by atoms with E-state index >= 15 is 0 Å². The van der Waals surface area contributed by atoms with Gasteiger partial charge in [-0.05, 0) is 61.0 Å². The number of benzene rings is 3. The minimum Gasteiger partial charge on any atom is -0.488 e. The van der Waals surface area contributed by atoms with Crippen molar-refractivity contribution < 1.29 is 13.2 Å². The zero-order chi connectivity index (χ0) is 22.0. The van der Waals surface area contributed by atoms with Gasteiger partial charge in [0.15, 0.2) is 9.84 Å². The van der Waals surface area contributed by atoms with Gasteiger partial charge in [0.2, 0.25) is 0 Å². The van der Waals surface area contributed by atoms with Crippen molar-refractivity contribution in [2.45, 2.75) is 18.4 Å². The Hall–Kier alpha value is -2.83. The Balaban J connectivity index is 1.79. The van der Waals surface area contributed by atoms with E-state index in [0.717, 1.165) is 38.4 Å². The van der Waals surface area contributed by atoms with E-state index in [0.29, 0.717) is 11.5 Å². The van der Waals surface area contributed by atoms with Gasteiger partial charge in [0, 0.05) is 27.7 Å². The Kier molecular flexibility index (Phi) is 6.03. The molecule has 0 saturated heterocycles. The molecule has 1 aromatic heterocycles. The van der Waals surface area contributed by atoms with Crippen LogP contribution in [0.2, 0.25) is 0 Å². The first-order valence-electron chi connectivity index (χ1n) is 9.78. The number of rotatable bonds is 6. The molecule has 3 aromatic carbocycles. The summed E-state index contributed by atoms with van der Waals surface area (Å²) in [7, 11) is -3.31. The summed E-state index contributed by atoms with van der Waals surface area (Å²) < 4.78 is 33.3. The van der Waals surface area contributed by atoms with Gasteiger partial charge in [-0.25, -0.2) is 8.42 Å². The van der Waals surface area contributed by atoms with Crippen LogP contribution in [0.5, 0.6) is 5.75 Å². The molecule has 0 unspecified atom stereocenters. The molecule has 4 aromatic rings. The topological polar surface area (TPSA) is 48.3 Å². The molecule has 0 radical (unpaired) electrons. The van der Waals surface area contributed by atoms with E-state index in [1.54, 1.807) is 18.2 Å². The van der Waals surface area contributed by atoms with Gasteiger partial charge in [0.1, 0.15) is 12.4 Å². The van der Waals surface area contributed by atoms with Crippen LogP contribution in [0, 0.1) is 6.92 Å². The summed E-state index contributed by atoms with van der Waals surface area (Å²) in [5.74, 6) is 0.755. The number of hydrogen-bond acceptors (Lipinski definition) is 3. The van der Waals surface area contributed by atoms with Crippen LogP contribution >= 0.6 is 15.9 Å². The number of aryl methyl sites for hydroxylation is 1. The Morgan fingerprint density at radius 1 is 0.903 bits per heavy atom. The first-order chi connectivity index (χ1) is 14.8. The minimum absolute atomic E-state index is 0.291. The zero-order valence-electron chi connectivity index (χ0n) is 17.2. The fourth-order valence-electron chi connectivity index (χ4n) is 3.51. The molecule has 31 heavy (non-hydrogen) atoms. The molecule has 1 heterocycles. The third-order valence-electron chi connectivity index (χ3n) is 5.03. The van der Waals surface area contributed by atoms with E-state index in [1.807, 2.05) is 78.2 Å². The van der Waals surface area contributed by atoms with Crippen molar-refractivity contribution in [3.8, 4) is 22.7 Å². The standard InChI is InChI=1S/C25H22BrNO3S/c1-18-11-13-24(27(18)21-9-6-10-22(16-21)31(2,28)29)23-15-20(26)12-14-25(23)30-17-19-7-4-3-5-8-19/h3-16H,17H2,1-2H3. The van der Waals surface area contributed by atoms with Crippen molar-refractivity contribution in [1.82, 2.24) is 4.57 Å². The van der Waals surface area contributed by atoms with Crippen LogP contribution in [-0.2, 0) is 16.4 Å². The van der Waals surface area contributed by atoms with Gasteiger partial charge in [0.25, 0.3) is 0 Å². The van der Waals surface area contributed by atoms with Gasteiger partial charge in [-0.2, -0.15) is 0 Å². The lowest BCUT2D eigenvalue weighted by Crippen LogP contribution is -2.04. The Morgan fingerprint density at radius 2 is 1.68 bits per heavy atom. The summed E-state index contributed by atoms with van der Waals surface area (Å²) >= 11 is 3.57. The normalized spacial score (nSPS) is 11.5. The summed E-state index contributed by atoms with van der Waals surface area (Å²) in [6.45, 7) is 2.46. The first-order valence-corrected chi connectivity index (χ1v) is 12.5. The minimum atomic E-state index is -3.31. The van der Waals surface area contributed by atoms with E-state index in [-0.39, 0.29) is 0 Å². The summed E-state index contributed by atoms with van der Waals surface area (Å²) in [6, 6.07) is 27.0. The highest BCUT2D eigenvalue weighted by Crippen LogP contribution is 2.36. The van der Waals surface area contributed by atoms with Crippen LogP contribution in [0.3, 0.4) is 0 Å². The largest absolute Gasteiger partial charge is 0.488 e. The quantitative estimate of drug-likeness (QED) is 0.320. The Morgan fingerprint density at radius 3 is 2.42 bits per heavy atom. The zero-order valence-corrected chi connectivity index (χ0v) is 19.7. The van der Waals surface area contributed by atoms with Crippen molar-refractivity contribution in [1.29, 1.82) is 0 Å². The molecule has 0 aliphatic heterocycles. The van der Waals surface area contributed by atoms with Crippen LogP contribution in [0.25, 0.3) is 16.9 Å². The molecule has 0 N–H and O–H groups in total. The van der Waals surface area contributed by atoms with Crippen LogP contribution in [0.1, 0.15) is 11.3 Å². The summed E-state index contributed by atoms with van der Waals surface area (Å²) in [4.78, 5) is 0.291. The molecule has 0 amide bonds. The van der Waals surface area contributed by atoms with Crippen LogP contribution in [-0.4, -0.2) is 19.2 Å². The fraction of sp³-hybridized carbons (Fsp3) is 0.120. The number of ether oxygens (including phenoxy) is 1. The van der Waals surface area contributed by atoms with Crippen LogP contribution < -0.4 is 4.74 Å². The van der Waals surface area contributed by atoms with E-state index in [9.17, 15) is 8.42 Å². The monoisotopic (exact) mass is 495 g/mol.